The number of aryl methyl sites for hydroxylation is 1. The van der Waals surface area contributed by atoms with Gasteiger partial charge >= 0.3 is 0 Å². The molecule has 0 aliphatic carbocycles. The van der Waals surface area contributed by atoms with E-state index < -0.39 is 0 Å². The number of nitrogens with one attached hydrogen (secondary N) is 1. The Hall–Kier alpha value is -2.71. The number of ketones is 1. The smallest absolute Gasteiger partial charge is 0.226 e. The summed E-state index contributed by atoms with van der Waals surface area (Å²) in [5, 5.41) is 3.40. The van der Waals surface area contributed by atoms with Gasteiger partial charge in [-0.15, -0.1) is 11.3 Å². The van der Waals surface area contributed by atoms with E-state index in [0.717, 1.165) is 33.4 Å². The molecule has 0 unspecified atom stereocenters. The Morgan fingerprint density at radius 1 is 1.06 bits per heavy atom. The summed E-state index contributed by atoms with van der Waals surface area (Å²) < 4.78 is 11.5. The van der Waals surface area contributed by atoms with Gasteiger partial charge in [0.15, 0.2) is 10.9 Å². The van der Waals surface area contributed by atoms with Crippen molar-refractivity contribution in [1.29, 1.82) is 0 Å². The van der Waals surface area contributed by atoms with Crippen molar-refractivity contribution < 1.29 is 19.1 Å². The van der Waals surface area contributed by atoms with Crippen LogP contribution >= 0.6 is 27.3 Å². The molecule has 0 aliphatic heterocycles. The van der Waals surface area contributed by atoms with E-state index in [2.05, 4.69) is 33.2 Å². The minimum Gasteiger partial charge on any atom is -0.497 e. The van der Waals surface area contributed by atoms with Gasteiger partial charge in [0.25, 0.3) is 0 Å². The number of benzene rings is 2. The number of ether oxygens (including phenoxy) is 2. The highest BCUT2D eigenvalue weighted by atomic mass is 79.9. The second-order valence-electron chi connectivity index (χ2n) is 7.09. The third-order valence-corrected chi connectivity index (χ3v) is 6.38. The molecule has 0 saturated heterocycles. The van der Waals surface area contributed by atoms with Crippen molar-refractivity contribution in [1.82, 2.24) is 4.98 Å². The van der Waals surface area contributed by atoms with Gasteiger partial charge < -0.3 is 14.8 Å². The highest BCUT2D eigenvalue weighted by Crippen LogP contribution is 2.33. The highest BCUT2D eigenvalue weighted by molar-refractivity contribution is 9.10. The van der Waals surface area contributed by atoms with Crippen molar-refractivity contribution in [2.75, 3.05) is 19.5 Å². The molecular formula is C24H25BrN2O4S. The molecular weight excluding hydrogens is 492 g/mol. The molecule has 0 bridgehead atoms. The van der Waals surface area contributed by atoms with Gasteiger partial charge in [0, 0.05) is 27.8 Å². The molecule has 0 saturated carbocycles. The topological polar surface area (TPSA) is 77.5 Å². The third-order valence-electron chi connectivity index (χ3n) is 4.82. The Morgan fingerprint density at radius 3 is 2.47 bits per heavy atom. The minimum atomic E-state index is -0.251. The van der Waals surface area contributed by atoms with Crippen LogP contribution in [-0.2, 0) is 11.2 Å². The fourth-order valence-electron chi connectivity index (χ4n) is 3.21. The molecule has 6 nitrogen and oxygen atoms in total. The average Bonchev–Trinajstić information content (AvgIpc) is 3.19. The number of rotatable bonds is 10. The van der Waals surface area contributed by atoms with Crippen molar-refractivity contribution in [3.05, 3.63) is 57.4 Å². The van der Waals surface area contributed by atoms with Gasteiger partial charge in [-0.1, -0.05) is 41.4 Å². The van der Waals surface area contributed by atoms with E-state index in [1.165, 1.54) is 25.6 Å². The van der Waals surface area contributed by atoms with Crippen LogP contribution in [0.5, 0.6) is 11.5 Å². The fraction of sp³-hybridized carbons (Fsp3) is 0.292. The summed E-state index contributed by atoms with van der Waals surface area (Å²) in [5.41, 5.74) is 2.29. The summed E-state index contributed by atoms with van der Waals surface area (Å²) in [5.74, 6) is 0.585. The van der Waals surface area contributed by atoms with Gasteiger partial charge in [0.1, 0.15) is 11.5 Å². The summed E-state index contributed by atoms with van der Waals surface area (Å²) in [7, 11) is 3.04. The number of amides is 1. The van der Waals surface area contributed by atoms with Crippen LogP contribution in [0.25, 0.3) is 11.3 Å². The second kappa shape index (κ2) is 11.2. The lowest BCUT2D eigenvalue weighted by Gasteiger charge is -2.09. The van der Waals surface area contributed by atoms with Crippen LogP contribution in [0.3, 0.4) is 0 Å². The SMILES string of the molecule is CCCc1sc(NC(=O)CCC(=O)c2cc(OC)ccc2OC)nc1-c1ccc(Br)cc1. The van der Waals surface area contributed by atoms with Crippen LogP contribution < -0.4 is 14.8 Å². The van der Waals surface area contributed by atoms with Gasteiger partial charge in [0.2, 0.25) is 5.91 Å². The molecule has 32 heavy (non-hydrogen) atoms. The number of methoxy groups -OCH3 is 2. The molecule has 168 valence electrons. The van der Waals surface area contributed by atoms with Crippen LogP contribution in [0.2, 0.25) is 0 Å². The Morgan fingerprint density at radius 2 is 1.81 bits per heavy atom. The zero-order chi connectivity index (χ0) is 23.1. The van der Waals surface area contributed by atoms with E-state index in [0.29, 0.717) is 22.2 Å². The molecule has 2 aromatic carbocycles. The molecule has 1 amide bonds. The van der Waals surface area contributed by atoms with Gasteiger partial charge in [-0.3, -0.25) is 9.59 Å². The average molecular weight is 517 g/mol. The summed E-state index contributed by atoms with van der Waals surface area (Å²) in [6, 6.07) is 13.0. The molecule has 0 aliphatic rings. The van der Waals surface area contributed by atoms with E-state index in [4.69, 9.17) is 9.47 Å². The number of hydrogen-bond donors (Lipinski definition) is 1. The lowest BCUT2D eigenvalue weighted by atomic mass is 10.0. The zero-order valence-electron chi connectivity index (χ0n) is 18.2. The van der Waals surface area contributed by atoms with Gasteiger partial charge in [-0.25, -0.2) is 4.98 Å². The van der Waals surface area contributed by atoms with Crippen LogP contribution in [0.15, 0.2) is 46.9 Å². The molecule has 1 heterocycles. The molecule has 0 spiro atoms. The maximum absolute atomic E-state index is 12.7. The molecule has 0 fully saturated rings. The maximum atomic E-state index is 12.7. The first-order valence-electron chi connectivity index (χ1n) is 10.3. The number of carbonyl (C=O) groups is 2. The summed E-state index contributed by atoms with van der Waals surface area (Å²) in [6.07, 6.45) is 1.97. The standard InChI is InChI=1S/C24H25BrN2O4S/c1-4-5-21-23(15-6-8-16(25)9-7-15)27-24(32-21)26-22(29)13-11-19(28)18-14-17(30-2)10-12-20(18)31-3/h6-10,12,14H,4-5,11,13H2,1-3H3,(H,26,27,29). The van der Waals surface area contributed by atoms with Crippen LogP contribution in [0.4, 0.5) is 5.13 Å². The van der Waals surface area contributed by atoms with Gasteiger partial charge in [-0.2, -0.15) is 0 Å². The number of nitrogens with zero attached hydrogens (tertiary/aromatic N) is 1. The number of carbonyl (C=O) groups excluding carboxylic acids is 2. The quantitative estimate of drug-likeness (QED) is 0.327. The normalized spacial score (nSPS) is 10.6. The number of Topliss-reactive ketones (excluding diaryl/α,β-unsaturated/α-hetero) is 1. The van der Waals surface area contributed by atoms with E-state index in [-0.39, 0.29) is 24.5 Å². The van der Waals surface area contributed by atoms with Crippen molar-refractivity contribution in [2.45, 2.75) is 32.6 Å². The predicted octanol–water partition coefficient (Wildman–Crippen LogP) is 6.14. The Labute approximate surface area is 200 Å². The van der Waals surface area contributed by atoms with Crippen molar-refractivity contribution in [3.8, 4) is 22.8 Å². The van der Waals surface area contributed by atoms with Crippen LogP contribution in [-0.4, -0.2) is 30.9 Å². The van der Waals surface area contributed by atoms with Crippen molar-refractivity contribution in [3.63, 3.8) is 0 Å². The Balaban J connectivity index is 1.68. The van der Waals surface area contributed by atoms with E-state index in [1.54, 1.807) is 18.2 Å². The zero-order valence-corrected chi connectivity index (χ0v) is 20.6. The lowest BCUT2D eigenvalue weighted by molar-refractivity contribution is -0.116. The predicted molar refractivity (Wildman–Crippen MR) is 131 cm³/mol. The van der Waals surface area contributed by atoms with Crippen molar-refractivity contribution in [2.24, 2.45) is 0 Å². The summed E-state index contributed by atoms with van der Waals surface area (Å²) >= 11 is 4.93. The second-order valence-corrected chi connectivity index (χ2v) is 9.08. The molecule has 1 aromatic heterocycles. The van der Waals surface area contributed by atoms with E-state index in [1.807, 2.05) is 24.3 Å². The Kier molecular flexibility index (Phi) is 8.41. The minimum absolute atomic E-state index is 0.0511. The van der Waals surface area contributed by atoms with Crippen molar-refractivity contribution >= 4 is 44.1 Å². The highest BCUT2D eigenvalue weighted by Gasteiger charge is 2.18. The van der Waals surface area contributed by atoms with E-state index >= 15 is 0 Å². The Bertz CT molecular complexity index is 1100. The first-order chi connectivity index (χ1) is 15.4. The summed E-state index contributed by atoms with van der Waals surface area (Å²) in [4.78, 5) is 31.0. The first-order valence-corrected chi connectivity index (χ1v) is 11.9. The lowest BCUT2D eigenvalue weighted by Crippen LogP contribution is -2.13. The maximum Gasteiger partial charge on any atom is 0.226 e. The first kappa shape index (κ1) is 23.9. The van der Waals surface area contributed by atoms with Gasteiger partial charge in [-0.05, 0) is 36.8 Å². The molecule has 3 rings (SSSR count). The van der Waals surface area contributed by atoms with Crippen LogP contribution in [0, 0.1) is 0 Å². The fourth-order valence-corrected chi connectivity index (χ4v) is 4.58. The molecule has 8 heteroatoms. The largest absolute Gasteiger partial charge is 0.497 e. The molecule has 0 atom stereocenters. The number of aromatic nitrogens is 1. The number of anilines is 1. The van der Waals surface area contributed by atoms with E-state index in [9.17, 15) is 9.59 Å². The number of hydrogen-bond acceptors (Lipinski definition) is 6. The van der Waals surface area contributed by atoms with Gasteiger partial charge in [0.05, 0.1) is 25.5 Å². The third kappa shape index (κ3) is 5.95. The molecule has 1 N–H and O–H groups in total. The number of thiazole rings is 1. The number of halogens is 1. The van der Waals surface area contributed by atoms with Crippen LogP contribution in [0.1, 0.15) is 41.4 Å². The molecule has 3 aromatic rings. The summed E-state index contributed by atoms with van der Waals surface area (Å²) in [6.45, 7) is 2.11. The monoisotopic (exact) mass is 516 g/mol. The molecule has 0 radical (unpaired) electrons.